The van der Waals surface area contributed by atoms with Crippen LogP contribution in [0.2, 0.25) is 0 Å². The zero-order chi connectivity index (χ0) is 7.56. The lowest BCUT2D eigenvalue weighted by Crippen LogP contribution is -2.15. The lowest BCUT2D eigenvalue weighted by molar-refractivity contribution is 0.0967. The van der Waals surface area contributed by atoms with Gasteiger partial charge >= 0.3 is 0 Å². The number of rotatable bonds is 1. The van der Waals surface area contributed by atoms with E-state index in [1.54, 1.807) is 7.05 Å². The summed E-state index contributed by atoms with van der Waals surface area (Å²) in [6.07, 6.45) is 0. The molecule has 0 spiro atoms. The van der Waals surface area contributed by atoms with E-state index < -0.39 is 0 Å². The molecule has 0 fully saturated rings. The highest BCUT2D eigenvalue weighted by Gasteiger charge is 2.03. The largest absolute Gasteiger partial charge is 0.354 e. The van der Waals surface area contributed by atoms with Crippen LogP contribution < -0.4 is 5.32 Å². The molecule has 0 bridgehead atoms. The molecule has 0 radical (unpaired) electrons. The number of carbonyl (C=O) groups is 1. The number of aryl methyl sites for hydroxylation is 1. The molecule has 1 rings (SSSR count). The molecule has 0 aliphatic carbocycles. The van der Waals surface area contributed by atoms with Gasteiger partial charge in [0, 0.05) is 11.9 Å². The molecule has 0 unspecified atom stereocenters. The highest BCUT2D eigenvalue weighted by molar-refractivity contribution is 7.13. The molecular formula is C7H9NOS. The summed E-state index contributed by atoms with van der Waals surface area (Å²) in [6.45, 7) is 1.98. The van der Waals surface area contributed by atoms with Crippen LogP contribution in [-0.2, 0) is 0 Å². The molecule has 0 saturated heterocycles. The summed E-state index contributed by atoms with van der Waals surface area (Å²) < 4.78 is 0. The molecular weight excluding hydrogens is 146 g/mol. The van der Waals surface area contributed by atoms with Crippen LogP contribution in [0.4, 0.5) is 0 Å². The standard InChI is InChI=1S/C7H9NOS/c1-5-3-4-6(10-5)7(9)8-2/h3-4H,1-2H3,(H,8,9). The first-order valence-electron chi connectivity index (χ1n) is 3.02. The lowest BCUT2D eigenvalue weighted by atomic mass is 10.4. The molecule has 1 amide bonds. The number of thiophene rings is 1. The third-order valence-corrected chi connectivity index (χ3v) is 2.19. The quantitative estimate of drug-likeness (QED) is 0.653. The van der Waals surface area contributed by atoms with Crippen molar-refractivity contribution in [1.29, 1.82) is 0 Å². The van der Waals surface area contributed by atoms with Crippen LogP contribution in [0.3, 0.4) is 0 Å². The van der Waals surface area contributed by atoms with E-state index in [1.165, 1.54) is 16.2 Å². The van der Waals surface area contributed by atoms with Crippen molar-refractivity contribution in [3.8, 4) is 0 Å². The molecule has 10 heavy (non-hydrogen) atoms. The minimum Gasteiger partial charge on any atom is -0.354 e. The van der Waals surface area contributed by atoms with Crippen molar-refractivity contribution in [2.45, 2.75) is 6.92 Å². The van der Waals surface area contributed by atoms with Crippen LogP contribution in [0.15, 0.2) is 12.1 Å². The third-order valence-electron chi connectivity index (χ3n) is 1.19. The monoisotopic (exact) mass is 155 g/mol. The number of amides is 1. The van der Waals surface area contributed by atoms with Crippen LogP contribution in [0.1, 0.15) is 14.5 Å². The highest BCUT2D eigenvalue weighted by atomic mass is 32.1. The molecule has 54 valence electrons. The zero-order valence-electron chi connectivity index (χ0n) is 5.97. The molecule has 0 aliphatic rings. The van der Waals surface area contributed by atoms with Crippen LogP contribution >= 0.6 is 11.3 Å². The van der Waals surface area contributed by atoms with Gasteiger partial charge in [-0.3, -0.25) is 4.79 Å². The Labute approximate surface area is 63.9 Å². The van der Waals surface area contributed by atoms with E-state index in [2.05, 4.69) is 5.32 Å². The molecule has 1 aromatic rings. The third kappa shape index (κ3) is 1.36. The maximum Gasteiger partial charge on any atom is 0.261 e. The Kier molecular flexibility index (Phi) is 2.06. The fraction of sp³-hybridized carbons (Fsp3) is 0.286. The second kappa shape index (κ2) is 2.84. The fourth-order valence-corrected chi connectivity index (χ4v) is 1.49. The minimum atomic E-state index is -0.00176. The summed E-state index contributed by atoms with van der Waals surface area (Å²) in [5.41, 5.74) is 0. The lowest BCUT2D eigenvalue weighted by Gasteiger charge is -1.91. The van der Waals surface area contributed by atoms with Crippen LogP contribution in [0.5, 0.6) is 0 Å². The Bertz CT molecular complexity index is 242. The maximum absolute atomic E-state index is 10.9. The van der Waals surface area contributed by atoms with E-state index in [0.717, 1.165) is 4.88 Å². The topological polar surface area (TPSA) is 29.1 Å². The summed E-state index contributed by atoms with van der Waals surface area (Å²) in [4.78, 5) is 12.9. The van der Waals surface area contributed by atoms with Crippen molar-refractivity contribution in [2.75, 3.05) is 7.05 Å². The first-order chi connectivity index (χ1) is 4.74. The van der Waals surface area contributed by atoms with Crippen molar-refractivity contribution in [2.24, 2.45) is 0 Å². The van der Waals surface area contributed by atoms with Gasteiger partial charge in [-0.15, -0.1) is 11.3 Å². The van der Waals surface area contributed by atoms with Crippen molar-refractivity contribution in [1.82, 2.24) is 5.32 Å². The van der Waals surface area contributed by atoms with Gasteiger partial charge in [0.25, 0.3) is 5.91 Å². The van der Waals surface area contributed by atoms with Crippen molar-refractivity contribution in [3.05, 3.63) is 21.9 Å². The Balaban J connectivity index is 2.85. The van der Waals surface area contributed by atoms with E-state index in [-0.39, 0.29) is 5.91 Å². The Morgan fingerprint density at radius 2 is 2.30 bits per heavy atom. The normalized spacial score (nSPS) is 9.40. The van der Waals surface area contributed by atoms with E-state index in [0.29, 0.717) is 0 Å². The van der Waals surface area contributed by atoms with Gasteiger partial charge in [0.1, 0.15) is 0 Å². The number of nitrogens with one attached hydrogen (secondary N) is 1. The van der Waals surface area contributed by atoms with Gasteiger partial charge in [0.2, 0.25) is 0 Å². The molecule has 0 aromatic carbocycles. The van der Waals surface area contributed by atoms with E-state index >= 15 is 0 Å². The molecule has 3 heteroatoms. The minimum absolute atomic E-state index is 0.00176. The second-order valence-corrected chi connectivity index (χ2v) is 3.28. The molecule has 0 saturated carbocycles. The van der Waals surface area contributed by atoms with Gasteiger partial charge in [-0.05, 0) is 19.1 Å². The average molecular weight is 155 g/mol. The summed E-state index contributed by atoms with van der Waals surface area (Å²) in [5.74, 6) is -0.00176. The van der Waals surface area contributed by atoms with Crippen molar-refractivity contribution >= 4 is 17.2 Å². The van der Waals surface area contributed by atoms with Gasteiger partial charge < -0.3 is 5.32 Å². The fourth-order valence-electron chi connectivity index (χ4n) is 0.680. The van der Waals surface area contributed by atoms with Crippen LogP contribution in [-0.4, -0.2) is 13.0 Å². The smallest absolute Gasteiger partial charge is 0.261 e. The molecule has 0 atom stereocenters. The summed E-state index contributed by atoms with van der Waals surface area (Å²) >= 11 is 1.51. The molecule has 2 nitrogen and oxygen atoms in total. The summed E-state index contributed by atoms with van der Waals surface area (Å²) in [7, 11) is 1.64. The van der Waals surface area contributed by atoms with Crippen molar-refractivity contribution < 1.29 is 4.79 Å². The Hall–Kier alpha value is -0.830. The predicted molar refractivity (Wildman–Crippen MR) is 42.4 cm³/mol. The van der Waals surface area contributed by atoms with Crippen LogP contribution in [0, 0.1) is 6.92 Å². The van der Waals surface area contributed by atoms with Crippen LogP contribution in [0.25, 0.3) is 0 Å². The zero-order valence-corrected chi connectivity index (χ0v) is 6.79. The maximum atomic E-state index is 10.9. The number of hydrogen-bond donors (Lipinski definition) is 1. The second-order valence-electron chi connectivity index (χ2n) is 1.99. The summed E-state index contributed by atoms with van der Waals surface area (Å²) in [6, 6.07) is 3.77. The van der Waals surface area contributed by atoms with E-state index in [4.69, 9.17) is 0 Å². The van der Waals surface area contributed by atoms with Gasteiger partial charge in [0.15, 0.2) is 0 Å². The summed E-state index contributed by atoms with van der Waals surface area (Å²) in [5, 5.41) is 2.57. The molecule has 1 heterocycles. The van der Waals surface area contributed by atoms with Gasteiger partial charge in [-0.2, -0.15) is 0 Å². The Morgan fingerprint density at radius 3 is 2.70 bits per heavy atom. The van der Waals surface area contributed by atoms with Gasteiger partial charge in [-0.1, -0.05) is 0 Å². The van der Waals surface area contributed by atoms with E-state index in [9.17, 15) is 4.79 Å². The molecule has 1 aromatic heterocycles. The van der Waals surface area contributed by atoms with E-state index in [1.807, 2.05) is 19.1 Å². The Morgan fingerprint density at radius 1 is 1.60 bits per heavy atom. The van der Waals surface area contributed by atoms with Gasteiger partial charge in [0.05, 0.1) is 4.88 Å². The first kappa shape index (κ1) is 7.28. The number of carbonyl (C=O) groups excluding carboxylic acids is 1. The first-order valence-corrected chi connectivity index (χ1v) is 3.84. The molecule has 0 aliphatic heterocycles. The highest BCUT2D eigenvalue weighted by Crippen LogP contribution is 2.13. The van der Waals surface area contributed by atoms with Gasteiger partial charge in [-0.25, -0.2) is 0 Å². The molecule has 1 N–H and O–H groups in total. The SMILES string of the molecule is CNC(=O)c1ccc(C)s1. The number of hydrogen-bond acceptors (Lipinski definition) is 2. The average Bonchev–Trinajstić information content (AvgIpc) is 2.34. The van der Waals surface area contributed by atoms with Crippen molar-refractivity contribution in [3.63, 3.8) is 0 Å². The predicted octanol–water partition coefficient (Wildman–Crippen LogP) is 1.42.